The van der Waals surface area contributed by atoms with Crippen LogP contribution in [0, 0.1) is 22.7 Å². The summed E-state index contributed by atoms with van der Waals surface area (Å²) in [6.45, 7) is 8.42. The third kappa shape index (κ3) is 8.16. The fraction of sp³-hybridized carbons (Fsp3) is 0.529. The van der Waals surface area contributed by atoms with Gasteiger partial charge in [-0.2, -0.15) is 0 Å². The highest BCUT2D eigenvalue weighted by atomic mass is 35.5. The van der Waals surface area contributed by atoms with Gasteiger partial charge in [-0.05, 0) is 49.7 Å². The summed E-state index contributed by atoms with van der Waals surface area (Å²) in [5.74, 6) is -5.86. The van der Waals surface area contributed by atoms with E-state index in [1.165, 1.54) is 0 Å². The average molecular weight is 785 g/mol. The van der Waals surface area contributed by atoms with Crippen LogP contribution in [0.25, 0.3) is 0 Å². The van der Waals surface area contributed by atoms with Gasteiger partial charge in [0.25, 0.3) is 0 Å². The third-order valence-electron chi connectivity index (χ3n) is 9.85. The molecule has 2 aliphatic carbocycles. The maximum absolute atomic E-state index is 13.4. The number of hydrogen-bond donors (Lipinski definition) is 0. The van der Waals surface area contributed by atoms with Crippen molar-refractivity contribution in [2.24, 2.45) is 22.7 Å². The second kappa shape index (κ2) is 15.9. The number of esters is 4. The van der Waals surface area contributed by atoms with Gasteiger partial charge in [0.05, 0.1) is 43.3 Å². The lowest BCUT2D eigenvalue weighted by Crippen LogP contribution is -2.31. The first-order chi connectivity index (χ1) is 22.5. The van der Waals surface area contributed by atoms with Gasteiger partial charge in [0.2, 0.25) is 0 Å². The SMILES string of the molecule is CC(C)C1(COC(=O)c2c(Cl)c(Cl)cc(Cl)c2OC(=O)C(=O)Oc2c(Cl)cc(Cl)c(Cl)c2C(=O)OCC2(C(C)C)CCCC2)CCCC1. The highest BCUT2D eigenvalue weighted by Crippen LogP contribution is 2.47. The molecule has 0 saturated heterocycles. The van der Waals surface area contributed by atoms with Crippen molar-refractivity contribution in [3.8, 4) is 11.5 Å². The van der Waals surface area contributed by atoms with Crippen molar-refractivity contribution in [3.05, 3.63) is 53.4 Å². The summed E-state index contributed by atoms with van der Waals surface area (Å²) < 4.78 is 21.8. The Kier molecular flexibility index (Phi) is 12.9. The van der Waals surface area contributed by atoms with E-state index in [0.29, 0.717) is 0 Å². The standard InChI is InChI=1S/C34H36Cl6O8/c1-17(2)33(9-5-6-10-33)15-45-29(41)23-25(39)19(35)13-21(37)27(23)47-31(43)32(44)48-28-22(38)14-20(36)26(40)24(28)30(42)46-16-34(18(3)4)11-7-8-12-34/h13-14,17-18H,5-12,15-16H2,1-4H3. The molecule has 14 heteroatoms. The van der Waals surface area contributed by atoms with Gasteiger partial charge in [0.1, 0.15) is 11.1 Å². The average Bonchev–Trinajstić information content (AvgIpc) is 3.72. The molecule has 2 aromatic carbocycles. The fourth-order valence-corrected chi connectivity index (χ4v) is 7.93. The Morgan fingerprint density at radius 1 is 0.583 bits per heavy atom. The van der Waals surface area contributed by atoms with Crippen molar-refractivity contribution in [3.63, 3.8) is 0 Å². The van der Waals surface area contributed by atoms with Crippen LogP contribution in [0.1, 0.15) is 99.8 Å². The van der Waals surface area contributed by atoms with Gasteiger partial charge in [-0.25, -0.2) is 19.2 Å². The second-order valence-electron chi connectivity index (χ2n) is 13.1. The minimum absolute atomic E-state index is 0.0897. The molecule has 4 rings (SSSR count). The van der Waals surface area contributed by atoms with Gasteiger partial charge in [0.15, 0.2) is 11.5 Å². The largest absolute Gasteiger partial charge is 0.461 e. The van der Waals surface area contributed by atoms with Crippen LogP contribution in [0.5, 0.6) is 11.5 Å². The Balaban J connectivity index is 1.57. The maximum atomic E-state index is 13.4. The van der Waals surface area contributed by atoms with Gasteiger partial charge in [0, 0.05) is 10.8 Å². The fourth-order valence-electron chi connectivity index (χ4n) is 6.49. The Labute approximate surface area is 309 Å². The van der Waals surface area contributed by atoms with Crippen molar-refractivity contribution in [1.29, 1.82) is 0 Å². The van der Waals surface area contributed by atoms with E-state index >= 15 is 0 Å². The van der Waals surface area contributed by atoms with Crippen molar-refractivity contribution in [2.75, 3.05) is 13.2 Å². The summed E-state index contributed by atoms with van der Waals surface area (Å²) in [7, 11) is 0. The van der Waals surface area contributed by atoms with Gasteiger partial charge in [-0.15, -0.1) is 0 Å². The lowest BCUT2D eigenvalue weighted by Gasteiger charge is -2.32. The smallest absolute Gasteiger partial charge is 0.423 e. The van der Waals surface area contributed by atoms with Crippen LogP contribution in [0.3, 0.4) is 0 Å². The summed E-state index contributed by atoms with van der Waals surface area (Å²) in [5, 5.41) is -1.44. The predicted molar refractivity (Wildman–Crippen MR) is 186 cm³/mol. The molecule has 2 aromatic rings. The van der Waals surface area contributed by atoms with Crippen LogP contribution in [-0.4, -0.2) is 37.1 Å². The quantitative estimate of drug-likeness (QED) is 0.101. The molecule has 8 nitrogen and oxygen atoms in total. The summed E-state index contributed by atoms with van der Waals surface area (Å²) in [6, 6.07) is 2.28. The molecule has 0 bridgehead atoms. The zero-order valence-electron chi connectivity index (χ0n) is 26.9. The number of benzene rings is 2. The topological polar surface area (TPSA) is 105 Å². The van der Waals surface area contributed by atoms with E-state index < -0.39 is 46.5 Å². The highest BCUT2D eigenvalue weighted by Gasteiger charge is 2.41. The Morgan fingerprint density at radius 3 is 1.19 bits per heavy atom. The van der Waals surface area contributed by atoms with Crippen molar-refractivity contribution in [1.82, 2.24) is 0 Å². The molecule has 0 unspecified atom stereocenters. The number of carbonyl (C=O) groups excluding carboxylic acids is 4. The van der Waals surface area contributed by atoms with E-state index in [4.69, 9.17) is 88.6 Å². The Bertz CT molecular complexity index is 1480. The minimum Gasteiger partial charge on any atom is -0.461 e. The summed E-state index contributed by atoms with van der Waals surface area (Å²) >= 11 is 37.8. The first-order valence-corrected chi connectivity index (χ1v) is 17.9. The molecule has 2 fully saturated rings. The Morgan fingerprint density at radius 2 is 0.896 bits per heavy atom. The van der Waals surface area contributed by atoms with Crippen molar-refractivity contribution in [2.45, 2.75) is 79.1 Å². The summed E-state index contributed by atoms with van der Waals surface area (Å²) in [5.41, 5.74) is -1.35. The molecule has 0 heterocycles. The maximum Gasteiger partial charge on any atom is 0.423 e. The van der Waals surface area contributed by atoms with Crippen LogP contribution >= 0.6 is 69.6 Å². The van der Waals surface area contributed by atoms with E-state index in [0.717, 1.165) is 63.5 Å². The molecule has 2 aliphatic rings. The molecule has 0 aromatic heterocycles. The lowest BCUT2D eigenvalue weighted by atomic mass is 9.76. The predicted octanol–water partition coefficient (Wildman–Crippen LogP) is 10.9. The number of carbonyl (C=O) groups is 4. The molecule has 0 aliphatic heterocycles. The first kappa shape index (κ1) is 38.9. The molecule has 2 saturated carbocycles. The van der Waals surface area contributed by atoms with Crippen molar-refractivity contribution < 1.29 is 38.1 Å². The monoisotopic (exact) mass is 782 g/mol. The number of rotatable bonds is 10. The van der Waals surface area contributed by atoms with Gasteiger partial charge in [-0.1, -0.05) is 123 Å². The minimum atomic E-state index is -1.63. The van der Waals surface area contributed by atoms with Crippen LogP contribution in [0.4, 0.5) is 0 Å². The molecule has 0 atom stereocenters. The van der Waals surface area contributed by atoms with E-state index in [-0.39, 0.29) is 66.0 Å². The molecular weight excluding hydrogens is 749 g/mol. The lowest BCUT2D eigenvalue weighted by molar-refractivity contribution is -0.156. The van der Waals surface area contributed by atoms with Crippen LogP contribution in [-0.2, 0) is 19.1 Å². The third-order valence-corrected chi connectivity index (χ3v) is 12.0. The van der Waals surface area contributed by atoms with E-state index in [1.54, 1.807) is 0 Å². The second-order valence-corrected chi connectivity index (χ2v) is 15.5. The van der Waals surface area contributed by atoms with Crippen LogP contribution in [0.2, 0.25) is 30.1 Å². The molecule has 0 radical (unpaired) electrons. The molecule has 48 heavy (non-hydrogen) atoms. The zero-order valence-corrected chi connectivity index (χ0v) is 31.4. The van der Waals surface area contributed by atoms with E-state index in [9.17, 15) is 19.2 Å². The molecule has 0 N–H and O–H groups in total. The summed E-state index contributed by atoms with van der Waals surface area (Å²) in [6.07, 6.45) is 7.53. The van der Waals surface area contributed by atoms with Crippen LogP contribution < -0.4 is 9.47 Å². The van der Waals surface area contributed by atoms with Gasteiger partial charge >= 0.3 is 23.9 Å². The van der Waals surface area contributed by atoms with E-state index in [1.807, 2.05) is 0 Å². The molecule has 0 spiro atoms. The number of halogens is 6. The number of ether oxygens (including phenoxy) is 4. The van der Waals surface area contributed by atoms with E-state index in [2.05, 4.69) is 27.7 Å². The summed E-state index contributed by atoms with van der Waals surface area (Å²) in [4.78, 5) is 53.0. The zero-order chi connectivity index (χ0) is 35.6. The van der Waals surface area contributed by atoms with Crippen molar-refractivity contribution >= 4 is 93.5 Å². The van der Waals surface area contributed by atoms with Gasteiger partial charge in [-0.3, -0.25) is 0 Å². The van der Waals surface area contributed by atoms with Gasteiger partial charge < -0.3 is 18.9 Å². The highest BCUT2D eigenvalue weighted by molar-refractivity contribution is 6.47. The van der Waals surface area contributed by atoms with Crippen LogP contribution in [0.15, 0.2) is 12.1 Å². The molecular formula is C34H36Cl6O8. The molecule has 0 amide bonds. The normalized spacial score (nSPS) is 16.7. The Hall–Kier alpha value is -1.94. The number of hydrogen-bond acceptors (Lipinski definition) is 8. The molecule has 262 valence electrons. The first-order valence-electron chi connectivity index (χ1n) is 15.7.